The zero-order chi connectivity index (χ0) is 48.2. The van der Waals surface area contributed by atoms with Crippen molar-refractivity contribution in [2.24, 2.45) is 0 Å². The maximum Gasteiger partial charge on any atom is 0.137 e. The van der Waals surface area contributed by atoms with E-state index in [9.17, 15) is 8.78 Å². The van der Waals surface area contributed by atoms with Crippen LogP contribution in [0, 0.1) is 11.6 Å². The summed E-state index contributed by atoms with van der Waals surface area (Å²) in [5.41, 5.74) is 15.0. The molecule has 7 heteroatoms. The zero-order valence-corrected chi connectivity index (χ0v) is 39.5. The minimum Gasteiger partial charge on any atom is -0.457 e. The average Bonchev–Trinajstić information content (AvgIpc) is 3.95. The molecule has 11 aromatic rings. The van der Waals surface area contributed by atoms with Gasteiger partial charge < -0.3 is 14.5 Å². The summed E-state index contributed by atoms with van der Waals surface area (Å²) < 4.78 is 38.1. The first kappa shape index (κ1) is 43.5. The highest BCUT2D eigenvalue weighted by Crippen LogP contribution is 2.51. The summed E-state index contributed by atoms with van der Waals surface area (Å²) in [4.78, 5) is 9.54. The lowest BCUT2D eigenvalue weighted by Crippen LogP contribution is -2.25. The summed E-state index contributed by atoms with van der Waals surface area (Å²) in [6.45, 7) is 7.11. The van der Waals surface area contributed by atoms with Gasteiger partial charge in [-0.1, -0.05) is 148 Å². The van der Waals surface area contributed by atoms with Crippen molar-refractivity contribution in [1.29, 1.82) is 0 Å². The molecule has 0 aliphatic carbocycles. The molecule has 0 bridgehead atoms. The molecule has 0 saturated carbocycles. The Hall–Kier alpha value is -8.81. The average molecular weight is 927 g/mol. The first-order valence-electron chi connectivity index (χ1n) is 23.9. The van der Waals surface area contributed by atoms with E-state index in [1.54, 1.807) is 0 Å². The third-order valence-electron chi connectivity index (χ3n) is 13.6. The van der Waals surface area contributed by atoms with Gasteiger partial charge in [-0.2, -0.15) is 0 Å². The van der Waals surface area contributed by atoms with Crippen LogP contribution in [0.25, 0.3) is 72.1 Å². The minimum absolute atomic E-state index is 0.0565. The Labute approximate surface area is 412 Å². The quantitative estimate of drug-likeness (QED) is 0.144. The number of pyridine rings is 1. The number of hydrogen-bond donors (Lipinski definition) is 0. The van der Waals surface area contributed by atoms with Crippen LogP contribution in [0.3, 0.4) is 0 Å². The van der Waals surface area contributed by atoms with Gasteiger partial charge in [-0.3, -0.25) is 4.57 Å². The van der Waals surface area contributed by atoms with Crippen molar-refractivity contribution in [2.75, 3.05) is 16.5 Å². The van der Waals surface area contributed by atoms with Crippen LogP contribution in [0.5, 0.6) is 11.5 Å². The number of aromatic nitrogens is 2. The molecule has 0 unspecified atom stereocenters. The number of fused-ring (bicyclic) bond motifs is 4. The lowest BCUT2D eigenvalue weighted by molar-refractivity contribution is 0.483. The maximum absolute atomic E-state index is 14.4. The summed E-state index contributed by atoms with van der Waals surface area (Å²) in [6, 6.07) is 72.4. The molecule has 0 fully saturated rings. The number of hydrogen-bond acceptors (Lipinski definition) is 4. The summed E-state index contributed by atoms with van der Waals surface area (Å²) >= 11 is 0. The van der Waals surface area contributed by atoms with Crippen molar-refractivity contribution in [3.05, 3.63) is 242 Å². The highest BCUT2D eigenvalue weighted by atomic mass is 19.1. The van der Waals surface area contributed by atoms with Crippen LogP contribution in [-0.4, -0.2) is 16.2 Å². The van der Waals surface area contributed by atoms with Gasteiger partial charge >= 0.3 is 0 Å². The van der Waals surface area contributed by atoms with Crippen LogP contribution in [0.2, 0.25) is 0 Å². The van der Waals surface area contributed by atoms with E-state index in [1.165, 1.54) is 29.8 Å². The summed E-state index contributed by atoms with van der Waals surface area (Å²) in [6.07, 6.45) is 1.90. The van der Waals surface area contributed by atoms with E-state index in [-0.39, 0.29) is 17.0 Å². The second-order valence-electron chi connectivity index (χ2n) is 19.1. The second kappa shape index (κ2) is 17.6. The molecule has 0 amide bonds. The normalized spacial score (nSPS) is 12.5. The van der Waals surface area contributed by atoms with Crippen LogP contribution < -0.4 is 14.5 Å². The van der Waals surface area contributed by atoms with E-state index in [4.69, 9.17) is 9.72 Å². The second-order valence-corrected chi connectivity index (χ2v) is 19.1. The number of rotatable bonds is 9. The van der Waals surface area contributed by atoms with Crippen LogP contribution >= 0.6 is 0 Å². The first-order valence-corrected chi connectivity index (χ1v) is 23.9. The fourth-order valence-corrected chi connectivity index (χ4v) is 10.0. The molecule has 9 aromatic carbocycles. The summed E-state index contributed by atoms with van der Waals surface area (Å²) in [7, 11) is 0. The predicted molar refractivity (Wildman–Crippen MR) is 287 cm³/mol. The minimum atomic E-state index is -0.305. The van der Waals surface area contributed by atoms with E-state index in [1.807, 2.05) is 42.6 Å². The van der Waals surface area contributed by atoms with Crippen LogP contribution in [0.4, 0.5) is 31.5 Å². The molecule has 344 valence electrons. The largest absolute Gasteiger partial charge is 0.457 e. The van der Waals surface area contributed by atoms with Crippen LogP contribution in [-0.2, 0) is 5.41 Å². The molecule has 0 spiro atoms. The third kappa shape index (κ3) is 8.15. The van der Waals surface area contributed by atoms with Gasteiger partial charge in [-0.05, 0) is 123 Å². The Balaban J connectivity index is 0.999. The zero-order valence-electron chi connectivity index (χ0n) is 39.5. The molecule has 3 heterocycles. The topological polar surface area (TPSA) is 33.5 Å². The number of nitrogens with zero attached hydrogens (tertiary/aromatic N) is 4. The SMILES string of the molecule is CC(C)(C)c1ccnc(-n2c3ccccc3c3ccc(Oc4cc(-c5ccc(-c6ccccc6)cc5)cc(N5CN(c6c(-c7ccc(F)cc7)cccc6-c6ccc(F)cc6)c6ccccc65)c4)cc32)c1. The third-order valence-corrected chi connectivity index (χ3v) is 13.6. The van der Waals surface area contributed by atoms with Crippen LogP contribution in [0.15, 0.2) is 225 Å². The van der Waals surface area contributed by atoms with Crippen molar-refractivity contribution >= 4 is 44.6 Å². The predicted octanol–water partition coefficient (Wildman–Crippen LogP) is 17.5. The molecular weight excluding hydrogens is 879 g/mol. The molecule has 5 nitrogen and oxygen atoms in total. The first-order chi connectivity index (χ1) is 34.6. The number of benzene rings is 9. The van der Waals surface area contributed by atoms with Crippen molar-refractivity contribution in [1.82, 2.24) is 9.55 Å². The van der Waals surface area contributed by atoms with E-state index in [0.717, 1.165) is 94.9 Å². The Morgan fingerprint density at radius 1 is 0.451 bits per heavy atom. The Morgan fingerprint density at radius 2 is 1.03 bits per heavy atom. The molecule has 2 aromatic heterocycles. The highest BCUT2D eigenvalue weighted by Gasteiger charge is 2.32. The van der Waals surface area contributed by atoms with E-state index in [2.05, 4.69) is 193 Å². The van der Waals surface area contributed by atoms with Gasteiger partial charge in [-0.15, -0.1) is 0 Å². The number of para-hydroxylation sites is 4. The lowest BCUT2D eigenvalue weighted by Gasteiger charge is -2.27. The molecule has 12 rings (SSSR count). The molecule has 0 N–H and O–H groups in total. The van der Waals surface area contributed by atoms with Gasteiger partial charge in [0, 0.05) is 45.9 Å². The van der Waals surface area contributed by atoms with E-state index >= 15 is 0 Å². The van der Waals surface area contributed by atoms with Gasteiger partial charge in [0.15, 0.2) is 0 Å². The Kier molecular flexibility index (Phi) is 10.8. The molecule has 1 aliphatic heterocycles. The fourth-order valence-electron chi connectivity index (χ4n) is 10.0. The van der Waals surface area contributed by atoms with Crippen LogP contribution in [0.1, 0.15) is 26.3 Å². The maximum atomic E-state index is 14.4. The van der Waals surface area contributed by atoms with E-state index < -0.39 is 0 Å². The molecule has 1 aliphatic rings. The summed E-state index contributed by atoms with van der Waals surface area (Å²) in [5.74, 6) is 1.61. The van der Waals surface area contributed by atoms with Gasteiger partial charge in [0.2, 0.25) is 0 Å². The molecule has 0 saturated heterocycles. The standard InChI is InChI=1S/C64H48F2N4O/c1-64(2,3)48-34-35-67-62(38-48)70-58-17-8-7-14-56(58)57-33-32-52(40-61(57)70)71-53-37-47(44-22-20-43(21-23-44)42-12-5-4-6-13-42)36-51(39-53)68-41-69(60-19-10-9-18-59(60)68)63-54(45-24-28-49(65)29-25-45)15-11-16-55(63)46-26-30-50(66)31-27-46/h4-40H,41H2,1-3H3. The van der Waals surface area contributed by atoms with E-state index in [0.29, 0.717) is 18.2 Å². The number of ether oxygens (including phenoxy) is 1. The summed E-state index contributed by atoms with van der Waals surface area (Å²) in [5, 5.41) is 2.25. The van der Waals surface area contributed by atoms with Crippen molar-refractivity contribution < 1.29 is 13.5 Å². The highest BCUT2D eigenvalue weighted by molar-refractivity contribution is 6.09. The molecule has 0 radical (unpaired) electrons. The number of anilines is 4. The molecular formula is C64H48F2N4O. The fraction of sp³-hybridized carbons (Fsp3) is 0.0781. The Morgan fingerprint density at radius 3 is 1.70 bits per heavy atom. The van der Waals surface area contributed by atoms with Crippen molar-refractivity contribution in [3.8, 4) is 61.8 Å². The monoisotopic (exact) mass is 926 g/mol. The lowest BCUT2D eigenvalue weighted by atomic mass is 9.88. The van der Waals surface area contributed by atoms with Gasteiger partial charge in [0.05, 0.1) is 28.1 Å². The number of halogens is 2. The Bertz CT molecular complexity index is 3700. The van der Waals surface area contributed by atoms with Crippen molar-refractivity contribution in [2.45, 2.75) is 26.2 Å². The van der Waals surface area contributed by atoms with Gasteiger partial charge in [-0.25, -0.2) is 13.8 Å². The van der Waals surface area contributed by atoms with Gasteiger partial charge in [0.1, 0.15) is 35.6 Å². The molecule has 0 atom stereocenters. The smallest absolute Gasteiger partial charge is 0.137 e. The van der Waals surface area contributed by atoms with Gasteiger partial charge in [0.25, 0.3) is 0 Å². The molecule has 71 heavy (non-hydrogen) atoms. The van der Waals surface area contributed by atoms with Crippen molar-refractivity contribution in [3.63, 3.8) is 0 Å².